The van der Waals surface area contributed by atoms with Gasteiger partial charge < -0.3 is 9.84 Å². The topological polar surface area (TPSA) is 406 Å². The predicted molar refractivity (Wildman–Crippen MR) is 275 cm³/mol. The van der Waals surface area contributed by atoms with Crippen LogP contribution in [0.4, 0.5) is 34.1 Å². The van der Waals surface area contributed by atoms with Crippen molar-refractivity contribution in [1.29, 1.82) is 0 Å². The van der Waals surface area contributed by atoms with Gasteiger partial charge in [0.15, 0.2) is 5.75 Å². The number of methoxy groups -OCH3 is 1. The number of aromatic nitrogens is 3. The number of aryl methyl sites for hydroxylation is 3. The van der Waals surface area contributed by atoms with Crippen LogP contribution in [0.5, 0.6) is 11.5 Å². The molecule has 0 amide bonds. The van der Waals surface area contributed by atoms with Crippen molar-refractivity contribution in [2.45, 2.75) is 45.2 Å². The molecule has 8 aromatic carbocycles. The second-order valence-corrected chi connectivity index (χ2v) is 24.0. The van der Waals surface area contributed by atoms with Gasteiger partial charge in [-0.05, 0) is 133 Å². The third-order valence-electron chi connectivity index (χ3n) is 11.8. The Labute approximate surface area is 435 Å². The van der Waals surface area contributed by atoms with Crippen LogP contribution in [0.2, 0.25) is 0 Å². The van der Waals surface area contributed by atoms with Crippen LogP contribution in [0.15, 0.2) is 158 Å². The minimum absolute atomic E-state index is 0.0241. The van der Waals surface area contributed by atoms with Gasteiger partial charge in [-0.15, -0.1) is 20.4 Å². The molecule has 77 heavy (non-hydrogen) atoms. The lowest BCUT2D eigenvalue weighted by molar-refractivity contribution is 0.416. The van der Waals surface area contributed by atoms with Crippen LogP contribution < -0.4 is 4.74 Å². The van der Waals surface area contributed by atoms with Crippen molar-refractivity contribution >= 4 is 128 Å². The van der Waals surface area contributed by atoms with Gasteiger partial charge >= 0.3 is 0 Å². The molecule has 26 nitrogen and oxygen atoms in total. The van der Waals surface area contributed by atoms with Gasteiger partial charge in [0.05, 0.1) is 45.3 Å². The van der Waals surface area contributed by atoms with Crippen LogP contribution in [0.25, 0.3) is 49.0 Å². The van der Waals surface area contributed by atoms with Crippen LogP contribution in [-0.4, -0.2) is 92.1 Å². The highest BCUT2D eigenvalue weighted by Crippen LogP contribution is 2.44. The average molecular weight is 1150 g/mol. The van der Waals surface area contributed by atoms with E-state index in [0.717, 1.165) is 23.0 Å². The first-order valence-electron chi connectivity index (χ1n) is 21.5. The van der Waals surface area contributed by atoms with E-state index in [2.05, 4.69) is 40.9 Å². The highest BCUT2D eigenvalue weighted by atomic mass is 32.2. The Morgan fingerprint density at radius 1 is 0.455 bits per heavy atom. The Kier molecular flexibility index (Phi) is 13.4. The van der Waals surface area contributed by atoms with Crippen LogP contribution in [-0.2, 0) is 50.6 Å². The van der Waals surface area contributed by atoms with Crippen LogP contribution in [0.1, 0.15) is 16.7 Å². The first-order chi connectivity index (χ1) is 35.9. The number of phenols is 1. The molecule has 1 heterocycles. The van der Waals surface area contributed by atoms with E-state index < -0.39 is 86.5 Å². The van der Waals surface area contributed by atoms with Crippen LogP contribution >= 0.6 is 0 Å². The molecule has 0 bridgehead atoms. The molecule has 396 valence electrons. The number of azo groups is 3. The second kappa shape index (κ2) is 19.2. The van der Waals surface area contributed by atoms with Crippen molar-refractivity contribution in [3.8, 4) is 17.2 Å². The quantitative estimate of drug-likeness (QED) is 0.0461. The number of aromatic hydroxyl groups is 1. The van der Waals surface area contributed by atoms with E-state index in [0.29, 0.717) is 45.9 Å². The van der Waals surface area contributed by atoms with Crippen molar-refractivity contribution in [3.63, 3.8) is 0 Å². The number of rotatable bonds is 13. The fraction of sp³-hybridized carbons (Fsp3) is 0.0870. The van der Waals surface area contributed by atoms with E-state index in [1.807, 2.05) is 0 Å². The molecule has 0 aliphatic carbocycles. The Morgan fingerprint density at radius 2 is 0.961 bits per heavy atom. The second-order valence-electron chi connectivity index (χ2n) is 17.0. The first-order valence-corrected chi connectivity index (χ1v) is 28.7. The molecule has 0 saturated heterocycles. The van der Waals surface area contributed by atoms with Crippen molar-refractivity contribution < 1.29 is 74.7 Å². The highest BCUT2D eigenvalue weighted by Gasteiger charge is 2.26. The van der Waals surface area contributed by atoms with Gasteiger partial charge in [-0.2, -0.15) is 67.3 Å². The molecule has 0 spiro atoms. The van der Waals surface area contributed by atoms with E-state index in [1.165, 1.54) is 67.8 Å². The molecule has 6 N–H and O–H groups in total. The van der Waals surface area contributed by atoms with Crippen LogP contribution in [0, 0.1) is 20.8 Å². The maximum Gasteiger partial charge on any atom is 0.296 e. The summed E-state index contributed by atoms with van der Waals surface area (Å²) in [6.07, 6.45) is 0. The lowest BCUT2D eigenvalue weighted by atomic mass is 10.1. The minimum atomic E-state index is -5.12. The summed E-state index contributed by atoms with van der Waals surface area (Å²) in [6.45, 7) is 5.12. The maximum atomic E-state index is 12.8. The molecular formula is C46H35N9O17S5. The number of phenolic OH excluding ortho intramolecular Hbond substituents is 1. The van der Waals surface area contributed by atoms with E-state index in [4.69, 9.17) is 4.74 Å². The molecule has 0 unspecified atom stereocenters. The van der Waals surface area contributed by atoms with E-state index in [9.17, 15) is 70.0 Å². The average Bonchev–Trinajstić information content (AvgIpc) is 3.80. The zero-order valence-electron chi connectivity index (χ0n) is 39.6. The molecule has 31 heteroatoms. The Balaban J connectivity index is 0.993. The highest BCUT2D eigenvalue weighted by molar-refractivity contribution is 7.87. The number of ether oxygens (including phenoxy) is 1. The maximum absolute atomic E-state index is 12.8. The summed E-state index contributed by atoms with van der Waals surface area (Å²) >= 11 is 0. The first kappa shape index (κ1) is 53.7. The predicted octanol–water partition coefficient (Wildman–Crippen LogP) is 10.00. The summed E-state index contributed by atoms with van der Waals surface area (Å²) in [6, 6.07) is 21.2. The minimum Gasteiger partial charge on any atom is -0.505 e. The van der Waals surface area contributed by atoms with Crippen LogP contribution in [0.3, 0.4) is 0 Å². The number of fused-ring (bicyclic) bond motifs is 5. The molecule has 0 fully saturated rings. The van der Waals surface area contributed by atoms with E-state index in [1.54, 1.807) is 32.9 Å². The fourth-order valence-corrected chi connectivity index (χ4v) is 11.4. The van der Waals surface area contributed by atoms with Gasteiger partial charge in [-0.3, -0.25) is 22.8 Å². The fourth-order valence-electron chi connectivity index (χ4n) is 8.04. The normalized spacial score (nSPS) is 13.2. The number of benzene rings is 8. The Morgan fingerprint density at radius 3 is 1.55 bits per heavy atom. The molecule has 0 radical (unpaired) electrons. The molecule has 0 atom stereocenters. The Hall–Kier alpha value is -8.11. The summed E-state index contributed by atoms with van der Waals surface area (Å²) in [5, 5.41) is 45.4. The summed E-state index contributed by atoms with van der Waals surface area (Å²) in [5.74, 6) is -0.630. The number of nitrogens with zero attached hydrogens (tertiary/aromatic N) is 9. The molecular weight excluding hydrogens is 1110 g/mol. The van der Waals surface area contributed by atoms with Gasteiger partial charge in [-0.1, -0.05) is 12.1 Å². The summed E-state index contributed by atoms with van der Waals surface area (Å²) in [4.78, 5) is -3.00. The lowest BCUT2D eigenvalue weighted by Crippen LogP contribution is -2.04. The van der Waals surface area contributed by atoms with Gasteiger partial charge in [-0.25, -0.2) is 0 Å². The summed E-state index contributed by atoms with van der Waals surface area (Å²) < 4.78 is 177. The lowest BCUT2D eigenvalue weighted by Gasteiger charge is -2.11. The number of hydrogen-bond acceptors (Lipinski definition) is 20. The van der Waals surface area contributed by atoms with Gasteiger partial charge in [0.25, 0.3) is 50.6 Å². The van der Waals surface area contributed by atoms with Gasteiger partial charge in [0, 0.05) is 27.6 Å². The molecule has 9 rings (SSSR count). The number of hydrogen-bond donors (Lipinski definition) is 6. The zero-order chi connectivity index (χ0) is 55.9. The molecule has 9 aromatic rings. The molecule has 0 aliphatic heterocycles. The monoisotopic (exact) mass is 1150 g/mol. The summed E-state index contributed by atoms with van der Waals surface area (Å²) in [7, 11) is -23.5. The zero-order valence-corrected chi connectivity index (χ0v) is 43.6. The largest absolute Gasteiger partial charge is 0.505 e. The third-order valence-corrected chi connectivity index (χ3v) is 16.1. The van der Waals surface area contributed by atoms with Crippen molar-refractivity contribution in [2.75, 3.05) is 7.11 Å². The molecule has 0 saturated carbocycles. The standard InChI is InChI=1S/C46H35N9O17S5/c1-22-12-37(23(2)11-36(22)48-47-27-5-7-31-25(14-27)16-29(73(57,58)59)19-41(31)75(63,64)65)49-50-38-21-40(72-4)39(13-24(38)3)51-52-45-43(77(69,70)71)17-26-15-28(6-8-32(26)46(45)56)55-53-35-10-9-33-34(44(35)54-55)18-30(74(60,61)62)20-42(33)76(66,67)68/h5-21,56H,1-4H3,(H,57,58,59)(H,60,61,62)(H,63,64,65)(H,66,67,68)(H,69,70,71). The molecule has 1 aromatic heterocycles. The van der Waals surface area contributed by atoms with E-state index in [-0.39, 0.29) is 66.2 Å². The van der Waals surface area contributed by atoms with Gasteiger partial charge in [0.1, 0.15) is 42.8 Å². The van der Waals surface area contributed by atoms with Crippen molar-refractivity contribution in [3.05, 3.63) is 120 Å². The van der Waals surface area contributed by atoms with Crippen molar-refractivity contribution in [1.82, 2.24) is 15.0 Å². The summed E-state index contributed by atoms with van der Waals surface area (Å²) in [5.41, 5.74) is 2.58. The molecule has 0 aliphatic rings. The smallest absolute Gasteiger partial charge is 0.296 e. The third kappa shape index (κ3) is 10.7. The SMILES string of the molecule is COc1cc(N=Nc2cc(C)c(N=Nc3ccc4c(S(=O)(=O)O)cc(S(=O)(=O)O)cc4c3)cc2C)c(C)cc1N=Nc1c(S(=O)(=O)O)cc2cc(-n3nc4ccc5c(S(=O)(=O)O)cc(S(=O)(=O)O)cc5c4n3)ccc2c1O. The van der Waals surface area contributed by atoms with Gasteiger partial charge in [0.2, 0.25) is 0 Å². The Bertz CT molecular complexity index is 4760. The van der Waals surface area contributed by atoms with E-state index >= 15 is 0 Å². The van der Waals surface area contributed by atoms with Crippen molar-refractivity contribution in [2.24, 2.45) is 30.7 Å².